The molecule has 0 spiro atoms. The third-order valence-corrected chi connectivity index (χ3v) is 2.05. The summed E-state index contributed by atoms with van der Waals surface area (Å²) in [6.07, 6.45) is 1.67. The lowest BCUT2D eigenvalue weighted by atomic mass is 10.1. The van der Waals surface area contributed by atoms with Gasteiger partial charge in [0.05, 0.1) is 6.61 Å². The van der Waals surface area contributed by atoms with Crippen molar-refractivity contribution in [3.63, 3.8) is 0 Å². The minimum atomic E-state index is -0.718. The van der Waals surface area contributed by atoms with Crippen LogP contribution >= 0.6 is 0 Å². The summed E-state index contributed by atoms with van der Waals surface area (Å²) in [4.78, 5) is 22.4. The van der Waals surface area contributed by atoms with E-state index in [-0.39, 0.29) is 23.9 Å². The van der Waals surface area contributed by atoms with E-state index in [1.165, 1.54) is 6.92 Å². The molecule has 1 fully saturated rings. The lowest BCUT2D eigenvalue weighted by Gasteiger charge is -2.06. The van der Waals surface area contributed by atoms with Crippen molar-refractivity contribution in [2.75, 3.05) is 6.61 Å². The van der Waals surface area contributed by atoms with Crippen molar-refractivity contribution in [3.05, 3.63) is 11.3 Å². The molecule has 0 aromatic carbocycles. The average Bonchev–Trinajstić information content (AvgIpc) is 2.85. The third-order valence-electron chi connectivity index (χ3n) is 2.05. The van der Waals surface area contributed by atoms with E-state index < -0.39 is 11.8 Å². The third kappa shape index (κ3) is 2.34. The number of ketones is 1. The molecule has 0 radical (unpaired) electrons. The van der Waals surface area contributed by atoms with Crippen molar-refractivity contribution in [1.82, 2.24) is 0 Å². The van der Waals surface area contributed by atoms with E-state index in [2.05, 4.69) is 4.74 Å². The quantitative estimate of drug-likeness (QED) is 0.243. The van der Waals surface area contributed by atoms with Gasteiger partial charge in [0.25, 0.3) is 0 Å². The van der Waals surface area contributed by atoms with E-state index in [0.717, 1.165) is 12.8 Å². The predicted octanol–water partition coefficient (Wildman–Crippen LogP) is 1.36. The number of esters is 1. The fraction of sp³-hybridized carbons (Fsp3) is 0.600. The molecular weight excluding hydrogens is 184 g/mol. The number of carbonyl (C=O) groups is 2. The fourth-order valence-electron chi connectivity index (χ4n) is 1.19. The zero-order chi connectivity index (χ0) is 10.7. The monoisotopic (exact) mass is 198 g/mol. The summed E-state index contributed by atoms with van der Waals surface area (Å²) >= 11 is 0. The molecule has 14 heavy (non-hydrogen) atoms. The van der Waals surface area contributed by atoms with Gasteiger partial charge in [-0.05, 0) is 26.7 Å². The molecular formula is C10H14O4. The van der Waals surface area contributed by atoms with Crippen LogP contribution in [0.4, 0.5) is 0 Å². The summed E-state index contributed by atoms with van der Waals surface area (Å²) in [7, 11) is 0. The van der Waals surface area contributed by atoms with Crippen molar-refractivity contribution in [1.29, 1.82) is 0 Å². The maximum atomic E-state index is 11.3. The summed E-state index contributed by atoms with van der Waals surface area (Å²) in [6.45, 7) is 3.11. The molecule has 0 saturated heterocycles. The van der Waals surface area contributed by atoms with E-state index in [0.29, 0.717) is 0 Å². The minimum Gasteiger partial charge on any atom is -0.511 e. The van der Waals surface area contributed by atoms with Crippen LogP contribution in [-0.2, 0) is 14.3 Å². The van der Waals surface area contributed by atoms with E-state index in [1.54, 1.807) is 6.92 Å². The number of allylic oxidation sites excluding steroid dienone is 1. The highest BCUT2D eigenvalue weighted by molar-refractivity contribution is 6.16. The van der Waals surface area contributed by atoms with Crippen LogP contribution in [0.3, 0.4) is 0 Å². The maximum Gasteiger partial charge on any atom is 0.345 e. The molecule has 1 aliphatic rings. The fourth-order valence-corrected chi connectivity index (χ4v) is 1.19. The molecule has 0 aromatic rings. The van der Waals surface area contributed by atoms with E-state index >= 15 is 0 Å². The van der Waals surface area contributed by atoms with Crippen LogP contribution < -0.4 is 0 Å². The number of Topliss-reactive ketones (excluding diaryl/α,β-unsaturated/α-hetero) is 1. The molecule has 0 heterocycles. The van der Waals surface area contributed by atoms with Crippen LogP contribution in [-0.4, -0.2) is 23.5 Å². The predicted molar refractivity (Wildman–Crippen MR) is 49.7 cm³/mol. The van der Waals surface area contributed by atoms with Crippen molar-refractivity contribution in [2.45, 2.75) is 26.7 Å². The van der Waals surface area contributed by atoms with Crippen molar-refractivity contribution in [2.24, 2.45) is 5.92 Å². The Labute approximate surface area is 82.6 Å². The molecule has 1 aliphatic carbocycles. The van der Waals surface area contributed by atoms with Gasteiger partial charge in [0, 0.05) is 5.92 Å². The van der Waals surface area contributed by atoms with Crippen LogP contribution in [0, 0.1) is 5.92 Å². The van der Waals surface area contributed by atoms with Gasteiger partial charge in [-0.15, -0.1) is 0 Å². The first-order valence-corrected chi connectivity index (χ1v) is 4.69. The highest BCUT2D eigenvalue weighted by atomic mass is 16.5. The number of carbonyl (C=O) groups excluding carboxylic acids is 2. The first-order valence-electron chi connectivity index (χ1n) is 4.69. The molecule has 4 heteroatoms. The molecule has 0 unspecified atom stereocenters. The molecule has 78 valence electrons. The highest BCUT2D eigenvalue weighted by Crippen LogP contribution is 2.36. The van der Waals surface area contributed by atoms with E-state index in [1.807, 2.05) is 0 Å². The largest absolute Gasteiger partial charge is 0.511 e. The number of ether oxygens (including phenoxy) is 1. The van der Waals surface area contributed by atoms with Crippen LogP contribution in [0.2, 0.25) is 0 Å². The second kappa shape index (κ2) is 4.26. The number of rotatable bonds is 4. The zero-order valence-electron chi connectivity index (χ0n) is 8.37. The number of hydrogen-bond donors (Lipinski definition) is 1. The smallest absolute Gasteiger partial charge is 0.345 e. The van der Waals surface area contributed by atoms with Crippen LogP contribution in [0.25, 0.3) is 0 Å². The van der Waals surface area contributed by atoms with Crippen LogP contribution in [0.1, 0.15) is 26.7 Å². The lowest BCUT2D eigenvalue weighted by molar-refractivity contribution is -0.140. The van der Waals surface area contributed by atoms with E-state index in [9.17, 15) is 14.7 Å². The Bertz CT molecular complexity index is 286. The number of hydrogen-bond acceptors (Lipinski definition) is 4. The van der Waals surface area contributed by atoms with Crippen LogP contribution in [0.5, 0.6) is 0 Å². The van der Waals surface area contributed by atoms with Crippen molar-refractivity contribution in [3.8, 4) is 0 Å². The number of aliphatic hydroxyl groups is 1. The second-order valence-corrected chi connectivity index (χ2v) is 3.31. The van der Waals surface area contributed by atoms with Gasteiger partial charge >= 0.3 is 5.97 Å². The summed E-state index contributed by atoms with van der Waals surface area (Å²) in [6, 6.07) is 0. The molecule has 0 bridgehead atoms. The lowest BCUT2D eigenvalue weighted by Crippen LogP contribution is -2.16. The van der Waals surface area contributed by atoms with Gasteiger partial charge in [-0.2, -0.15) is 0 Å². The topological polar surface area (TPSA) is 63.6 Å². The molecule has 0 amide bonds. The molecule has 1 saturated carbocycles. The molecule has 1 rings (SSSR count). The van der Waals surface area contributed by atoms with Crippen LogP contribution in [0.15, 0.2) is 11.3 Å². The van der Waals surface area contributed by atoms with Crippen molar-refractivity contribution < 1.29 is 19.4 Å². The summed E-state index contributed by atoms with van der Waals surface area (Å²) in [5.74, 6) is -1.27. The standard InChI is InChI=1S/C10H14O4/c1-3-14-10(13)8(6(2)11)9(12)7-4-5-7/h7,12H,3-5H2,1-2H3/b9-8-. The Morgan fingerprint density at radius 2 is 2.00 bits per heavy atom. The molecule has 0 atom stereocenters. The minimum absolute atomic E-state index is 0.0155. The van der Waals surface area contributed by atoms with E-state index in [4.69, 9.17) is 0 Å². The number of aliphatic hydroxyl groups excluding tert-OH is 1. The summed E-state index contributed by atoms with van der Waals surface area (Å²) in [5, 5.41) is 9.57. The van der Waals surface area contributed by atoms with Gasteiger partial charge in [0.15, 0.2) is 5.78 Å². The Balaban J connectivity index is 2.87. The van der Waals surface area contributed by atoms with Crippen molar-refractivity contribution >= 4 is 11.8 Å². The average molecular weight is 198 g/mol. The Morgan fingerprint density at radius 3 is 2.36 bits per heavy atom. The van der Waals surface area contributed by atoms with Gasteiger partial charge in [0.2, 0.25) is 0 Å². The van der Waals surface area contributed by atoms with Gasteiger partial charge in [-0.3, -0.25) is 4.79 Å². The van der Waals surface area contributed by atoms with Gasteiger partial charge < -0.3 is 9.84 Å². The molecule has 0 aliphatic heterocycles. The van der Waals surface area contributed by atoms with Gasteiger partial charge in [0.1, 0.15) is 11.3 Å². The Morgan fingerprint density at radius 1 is 1.43 bits per heavy atom. The molecule has 1 N–H and O–H groups in total. The zero-order valence-corrected chi connectivity index (χ0v) is 8.37. The first-order chi connectivity index (χ1) is 6.57. The second-order valence-electron chi connectivity index (χ2n) is 3.31. The normalized spacial score (nSPS) is 17.3. The molecule has 4 nitrogen and oxygen atoms in total. The van der Waals surface area contributed by atoms with Gasteiger partial charge in [-0.25, -0.2) is 4.79 Å². The Hall–Kier alpha value is -1.32. The maximum absolute atomic E-state index is 11.3. The molecule has 0 aromatic heterocycles. The summed E-state index contributed by atoms with van der Waals surface area (Å²) < 4.78 is 4.69. The summed E-state index contributed by atoms with van der Waals surface area (Å²) in [5.41, 5.74) is -0.186. The highest BCUT2D eigenvalue weighted by Gasteiger charge is 2.32. The first kappa shape index (κ1) is 10.8. The Kier molecular flexibility index (Phi) is 3.28. The SMILES string of the molecule is CCOC(=O)/C(C(C)=O)=C(\O)C1CC1. The van der Waals surface area contributed by atoms with Gasteiger partial charge in [-0.1, -0.05) is 0 Å².